The van der Waals surface area contributed by atoms with E-state index in [9.17, 15) is 13.9 Å². The molecule has 1 heterocycles. The second-order valence-electron chi connectivity index (χ2n) is 5.77. The van der Waals surface area contributed by atoms with Crippen LogP contribution in [0.4, 0.5) is 8.78 Å². The molecule has 1 aliphatic rings. The zero-order valence-corrected chi connectivity index (χ0v) is 12.6. The van der Waals surface area contributed by atoms with E-state index in [4.69, 9.17) is 4.74 Å². The second kappa shape index (κ2) is 6.74. The average Bonchev–Trinajstić information content (AvgIpc) is 2.59. The standard InChI is InChI=1S/C18H19F2NO2/c19-15-7-6-13(16(20)10-15)11-18(22,14-4-2-1-3-5-14)17-12-21-8-9-23-17/h1-7,10,17,21-22H,8-9,11-12H2/t17-,18?/m0/s1. The highest BCUT2D eigenvalue weighted by molar-refractivity contribution is 5.29. The Bertz CT molecular complexity index is 659. The summed E-state index contributed by atoms with van der Waals surface area (Å²) in [5.74, 6) is -1.30. The Labute approximate surface area is 133 Å². The number of hydrogen-bond acceptors (Lipinski definition) is 3. The highest BCUT2D eigenvalue weighted by Gasteiger charge is 2.41. The van der Waals surface area contributed by atoms with Crippen LogP contribution in [-0.4, -0.2) is 30.9 Å². The second-order valence-corrected chi connectivity index (χ2v) is 5.77. The van der Waals surface area contributed by atoms with Crippen molar-refractivity contribution in [2.75, 3.05) is 19.7 Å². The number of rotatable bonds is 4. The van der Waals surface area contributed by atoms with Gasteiger partial charge >= 0.3 is 0 Å². The molecule has 0 bridgehead atoms. The lowest BCUT2D eigenvalue weighted by atomic mass is 9.82. The molecule has 0 aromatic heterocycles. The maximum Gasteiger partial charge on any atom is 0.129 e. The molecule has 1 unspecified atom stereocenters. The van der Waals surface area contributed by atoms with Crippen LogP contribution in [0.5, 0.6) is 0 Å². The van der Waals surface area contributed by atoms with Crippen molar-refractivity contribution in [2.45, 2.75) is 18.1 Å². The minimum atomic E-state index is -1.40. The van der Waals surface area contributed by atoms with E-state index in [2.05, 4.69) is 5.32 Å². The Morgan fingerprint density at radius 3 is 2.61 bits per heavy atom. The predicted molar refractivity (Wildman–Crippen MR) is 83.0 cm³/mol. The lowest BCUT2D eigenvalue weighted by Crippen LogP contribution is -2.52. The number of nitrogens with one attached hydrogen (secondary N) is 1. The van der Waals surface area contributed by atoms with E-state index in [1.807, 2.05) is 18.2 Å². The molecule has 0 spiro atoms. The Morgan fingerprint density at radius 2 is 1.96 bits per heavy atom. The van der Waals surface area contributed by atoms with Crippen molar-refractivity contribution in [2.24, 2.45) is 0 Å². The normalized spacial score (nSPS) is 20.9. The number of benzene rings is 2. The smallest absolute Gasteiger partial charge is 0.129 e. The summed E-state index contributed by atoms with van der Waals surface area (Å²) in [6, 6.07) is 12.5. The van der Waals surface area contributed by atoms with Crippen LogP contribution in [-0.2, 0) is 16.8 Å². The molecule has 2 atom stereocenters. The molecule has 2 aromatic carbocycles. The van der Waals surface area contributed by atoms with Crippen LogP contribution < -0.4 is 5.32 Å². The number of hydrogen-bond donors (Lipinski definition) is 2. The zero-order valence-electron chi connectivity index (χ0n) is 12.6. The summed E-state index contributed by atoms with van der Waals surface area (Å²) in [5, 5.41) is 14.5. The minimum absolute atomic E-state index is 0.00940. The van der Waals surface area contributed by atoms with Gasteiger partial charge in [-0.2, -0.15) is 0 Å². The Kier molecular flexibility index (Phi) is 4.71. The molecule has 0 aliphatic carbocycles. The molecule has 3 nitrogen and oxygen atoms in total. The quantitative estimate of drug-likeness (QED) is 0.909. The van der Waals surface area contributed by atoms with E-state index in [0.717, 1.165) is 6.07 Å². The topological polar surface area (TPSA) is 41.5 Å². The van der Waals surface area contributed by atoms with E-state index in [1.54, 1.807) is 12.1 Å². The van der Waals surface area contributed by atoms with E-state index in [1.165, 1.54) is 12.1 Å². The van der Waals surface area contributed by atoms with Crippen molar-refractivity contribution in [3.05, 3.63) is 71.3 Å². The van der Waals surface area contributed by atoms with Gasteiger partial charge < -0.3 is 15.2 Å². The van der Waals surface area contributed by atoms with Crippen molar-refractivity contribution in [1.29, 1.82) is 0 Å². The van der Waals surface area contributed by atoms with Gasteiger partial charge in [-0.3, -0.25) is 0 Å². The van der Waals surface area contributed by atoms with Crippen molar-refractivity contribution in [3.63, 3.8) is 0 Å². The van der Waals surface area contributed by atoms with Crippen LogP contribution in [0.15, 0.2) is 48.5 Å². The Hall–Kier alpha value is -1.82. The summed E-state index contributed by atoms with van der Waals surface area (Å²) in [6.45, 7) is 1.66. The molecule has 0 radical (unpaired) electrons. The molecule has 0 saturated carbocycles. The van der Waals surface area contributed by atoms with Crippen LogP contribution in [0.1, 0.15) is 11.1 Å². The fourth-order valence-electron chi connectivity index (χ4n) is 2.96. The van der Waals surface area contributed by atoms with Gasteiger partial charge in [0.25, 0.3) is 0 Å². The maximum absolute atomic E-state index is 14.1. The summed E-state index contributed by atoms with van der Waals surface area (Å²) in [6.07, 6.45) is -0.502. The summed E-state index contributed by atoms with van der Waals surface area (Å²) in [5.41, 5.74) is -0.489. The van der Waals surface area contributed by atoms with E-state index < -0.39 is 23.3 Å². The van der Waals surface area contributed by atoms with E-state index in [0.29, 0.717) is 25.3 Å². The highest BCUT2D eigenvalue weighted by Crippen LogP contribution is 2.32. The number of halogens is 2. The Balaban J connectivity index is 1.97. The fraction of sp³-hybridized carbons (Fsp3) is 0.333. The van der Waals surface area contributed by atoms with E-state index in [-0.39, 0.29) is 12.0 Å². The molecule has 122 valence electrons. The van der Waals surface area contributed by atoms with Gasteiger partial charge in [-0.15, -0.1) is 0 Å². The fourth-order valence-corrected chi connectivity index (χ4v) is 2.96. The molecule has 3 rings (SSSR count). The third kappa shape index (κ3) is 3.42. The average molecular weight is 319 g/mol. The lowest BCUT2D eigenvalue weighted by Gasteiger charge is -2.39. The molecule has 2 N–H and O–H groups in total. The van der Waals surface area contributed by atoms with Crippen molar-refractivity contribution < 1.29 is 18.6 Å². The number of ether oxygens (including phenoxy) is 1. The third-order valence-corrected chi connectivity index (χ3v) is 4.21. The Morgan fingerprint density at radius 1 is 1.17 bits per heavy atom. The first-order valence-electron chi connectivity index (χ1n) is 7.64. The van der Waals surface area contributed by atoms with Crippen LogP contribution in [0, 0.1) is 11.6 Å². The van der Waals surface area contributed by atoms with Gasteiger partial charge in [-0.05, 0) is 17.2 Å². The highest BCUT2D eigenvalue weighted by atomic mass is 19.1. The third-order valence-electron chi connectivity index (χ3n) is 4.21. The van der Waals surface area contributed by atoms with Crippen LogP contribution in [0.25, 0.3) is 0 Å². The summed E-state index contributed by atoms with van der Waals surface area (Å²) < 4.78 is 32.9. The summed E-state index contributed by atoms with van der Waals surface area (Å²) in [4.78, 5) is 0. The molecule has 1 fully saturated rings. The monoisotopic (exact) mass is 319 g/mol. The lowest BCUT2D eigenvalue weighted by molar-refractivity contribution is -0.124. The minimum Gasteiger partial charge on any atom is -0.382 e. The molecule has 0 amide bonds. The van der Waals surface area contributed by atoms with Gasteiger partial charge in [0.15, 0.2) is 0 Å². The number of aliphatic hydroxyl groups is 1. The van der Waals surface area contributed by atoms with Gasteiger partial charge in [0.2, 0.25) is 0 Å². The summed E-state index contributed by atoms with van der Waals surface area (Å²) >= 11 is 0. The zero-order chi connectivity index (χ0) is 16.3. The van der Waals surface area contributed by atoms with Gasteiger partial charge in [0, 0.05) is 25.6 Å². The van der Waals surface area contributed by atoms with Crippen molar-refractivity contribution >= 4 is 0 Å². The summed E-state index contributed by atoms with van der Waals surface area (Å²) in [7, 11) is 0. The van der Waals surface area contributed by atoms with Crippen LogP contribution in [0.3, 0.4) is 0 Å². The molecule has 2 aromatic rings. The van der Waals surface area contributed by atoms with Gasteiger partial charge in [-0.1, -0.05) is 36.4 Å². The molecule has 1 saturated heterocycles. The first-order valence-corrected chi connectivity index (χ1v) is 7.64. The van der Waals surface area contributed by atoms with Gasteiger partial charge in [0.1, 0.15) is 23.3 Å². The van der Waals surface area contributed by atoms with Crippen LogP contribution in [0.2, 0.25) is 0 Å². The largest absolute Gasteiger partial charge is 0.382 e. The molecule has 5 heteroatoms. The van der Waals surface area contributed by atoms with Crippen LogP contribution >= 0.6 is 0 Å². The predicted octanol–water partition coefficient (Wildman–Crippen LogP) is 2.38. The van der Waals surface area contributed by atoms with Gasteiger partial charge in [0.05, 0.1) is 6.61 Å². The SMILES string of the molecule is OC(Cc1ccc(F)cc1F)(c1ccccc1)[C@@H]1CNCCO1. The molecular formula is C18H19F2NO2. The van der Waals surface area contributed by atoms with Crippen molar-refractivity contribution in [1.82, 2.24) is 5.32 Å². The van der Waals surface area contributed by atoms with Crippen molar-refractivity contribution in [3.8, 4) is 0 Å². The maximum atomic E-state index is 14.1. The first kappa shape index (κ1) is 16.1. The first-order chi connectivity index (χ1) is 11.1. The van der Waals surface area contributed by atoms with E-state index >= 15 is 0 Å². The number of morpholine rings is 1. The molecule has 23 heavy (non-hydrogen) atoms. The molecular weight excluding hydrogens is 300 g/mol. The van der Waals surface area contributed by atoms with Gasteiger partial charge in [-0.25, -0.2) is 8.78 Å². The molecule has 1 aliphatic heterocycles.